The van der Waals surface area contributed by atoms with Crippen molar-refractivity contribution in [2.75, 3.05) is 16.2 Å². The summed E-state index contributed by atoms with van der Waals surface area (Å²) in [4.78, 5) is 37.1. The van der Waals surface area contributed by atoms with E-state index in [-0.39, 0.29) is 47.4 Å². The lowest BCUT2D eigenvalue weighted by Crippen LogP contribution is -2.40. The molecule has 2 amide bonds. The number of sulfonamides is 1. The van der Waals surface area contributed by atoms with E-state index in [0.717, 1.165) is 4.90 Å². The van der Waals surface area contributed by atoms with Gasteiger partial charge < -0.3 is 4.74 Å². The zero-order chi connectivity index (χ0) is 21.0. The minimum Gasteiger partial charge on any atom is -0.462 e. The van der Waals surface area contributed by atoms with Crippen LogP contribution < -0.4 is 9.62 Å². The molecule has 9 heteroatoms. The van der Waals surface area contributed by atoms with Crippen LogP contribution >= 0.6 is 0 Å². The molecule has 0 atom stereocenters. The predicted molar refractivity (Wildman–Crippen MR) is 106 cm³/mol. The van der Waals surface area contributed by atoms with Gasteiger partial charge in [-0.3, -0.25) is 19.2 Å². The Balaban J connectivity index is 1.85. The number of piperidine rings is 1. The fourth-order valence-corrected chi connectivity index (χ4v) is 4.06. The molecule has 2 aromatic rings. The molecule has 1 heterocycles. The van der Waals surface area contributed by atoms with Gasteiger partial charge in [-0.15, -0.1) is 0 Å². The van der Waals surface area contributed by atoms with Crippen molar-refractivity contribution >= 4 is 39.2 Å². The van der Waals surface area contributed by atoms with Crippen LogP contribution in [0.1, 0.15) is 36.5 Å². The quantitative estimate of drug-likeness (QED) is 0.573. The minimum atomic E-state index is -4.00. The van der Waals surface area contributed by atoms with Crippen LogP contribution in [0, 0.1) is 0 Å². The number of anilines is 2. The second-order valence-corrected chi connectivity index (χ2v) is 8.02. The maximum Gasteiger partial charge on any atom is 0.340 e. The lowest BCUT2D eigenvalue weighted by atomic mass is 10.1. The summed E-state index contributed by atoms with van der Waals surface area (Å²) in [5, 5.41) is 0. The number of benzene rings is 2. The van der Waals surface area contributed by atoms with Crippen molar-refractivity contribution in [2.24, 2.45) is 0 Å². The van der Waals surface area contributed by atoms with Gasteiger partial charge in [-0.2, -0.15) is 0 Å². The molecule has 29 heavy (non-hydrogen) atoms. The molecular formula is C20H20N2O6S. The molecule has 1 aliphatic rings. The van der Waals surface area contributed by atoms with Crippen molar-refractivity contribution < 1.29 is 27.5 Å². The standard InChI is InChI=1S/C20H20N2O6S/c1-2-28-20(25)16-6-3-4-7-17(16)21-29(26,27)15-12-10-14(11-13-15)22-18(23)8-5-9-19(22)24/h3-4,6-7,10-13,21H,2,5,8-9H2,1H3. The Hall–Kier alpha value is -3.20. The third-order valence-electron chi connectivity index (χ3n) is 4.35. The van der Waals surface area contributed by atoms with E-state index in [1.165, 1.54) is 36.4 Å². The van der Waals surface area contributed by atoms with Gasteiger partial charge in [0.25, 0.3) is 10.0 Å². The molecule has 0 unspecified atom stereocenters. The van der Waals surface area contributed by atoms with Gasteiger partial charge in [0.1, 0.15) is 0 Å². The summed E-state index contributed by atoms with van der Waals surface area (Å²) in [5.74, 6) is -1.25. The largest absolute Gasteiger partial charge is 0.462 e. The summed E-state index contributed by atoms with van der Waals surface area (Å²) in [6.45, 7) is 1.82. The van der Waals surface area contributed by atoms with E-state index < -0.39 is 16.0 Å². The summed E-state index contributed by atoms with van der Waals surface area (Å²) in [7, 11) is -4.00. The van der Waals surface area contributed by atoms with Crippen LogP contribution in [0.25, 0.3) is 0 Å². The number of carbonyl (C=O) groups excluding carboxylic acids is 3. The normalized spacial score (nSPS) is 14.6. The molecule has 0 bridgehead atoms. The van der Waals surface area contributed by atoms with Crippen LogP contribution in [0.4, 0.5) is 11.4 Å². The average Bonchev–Trinajstić information content (AvgIpc) is 2.68. The highest BCUT2D eigenvalue weighted by atomic mass is 32.2. The third kappa shape index (κ3) is 4.45. The molecule has 1 fully saturated rings. The summed E-state index contributed by atoms with van der Waals surface area (Å²) in [5.41, 5.74) is 0.515. The van der Waals surface area contributed by atoms with Gasteiger partial charge in [-0.05, 0) is 49.7 Å². The smallest absolute Gasteiger partial charge is 0.340 e. The van der Waals surface area contributed by atoms with Crippen molar-refractivity contribution in [1.29, 1.82) is 0 Å². The molecule has 3 rings (SSSR count). The molecule has 0 aliphatic carbocycles. The van der Waals surface area contributed by atoms with E-state index in [2.05, 4.69) is 4.72 Å². The van der Waals surface area contributed by atoms with Gasteiger partial charge in [-0.1, -0.05) is 12.1 Å². The zero-order valence-electron chi connectivity index (χ0n) is 15.8. The van der Waals surface area contributed by atoms with Crippen LogP contribution in [0.5, 0.6) is 0 Å². The number of hydrogen-bond donors (Lipinski definition) is 1. The van der Waals surface area contributed by atoms with Gasteiger partial charge in [0.15, 0.2) is 0 Å². The second kappa shape index (κ2) is 8.44. The second-order valence-electron chi connectivity index (χ2n) is 6.34. The number of hydrogen-bond acceptors (Lipinski definition) is 6. The maximum atomic E-state index is 12.7. The first-order valence-electron chi connectivity index (χ1n) is 9.08. The van der Waals surface area contributed by atoms with Crippen molar-refractivity contribution in [3.63, 3.8) is 0 Å². The maximum absolute atomic E-state index is 12.7. The molecule has 1 N–H and O–H groups in total. The molecule has 1 saturated heterocycles. The van der Waals surface area contributed by atoms with E-state index in [9.17, 15) is 22.8 Å². The molecule has 0 radical (unpaired) electrons. The SMILES string of the molecule is CCOC(=O)c1ccccc1NS(=O)(=O)c1ccc(N2C(=O)CCCC2=O)cc1. The number of amides is 2. The predicted octanol–water partition coefficient (Wildman–Crippen LogP) is 2.71. The monoisotopic (exact) mass is 416 g/mol. The highest BCUT2D eigenvalue weighted by molar-refractivity contribution is 7.92. The summed E-state index contributed by atoms with van der Waals surface area (Å²) < 4.78 is 32.8. The summed E-state index contributed by atoms with van der Waals surface area (Å²) in [6, 6.07) is 11.6. The Bertz CT molecular complexity index is 1030. The number of nitrogens with one attached hydrogen (secondary N) is 1. The number of rotatable bonds is 6. The highest BCUT2D eigenvalue weighted by Crippen LogP contribution is 2.25. The fourth-order valence-electron chi connectivity index (χ4n) is 2.98. The molecule has 0 aromatic heterocycles. The van der Waals surface area contributed by atoms with Crippen LogP contribution in [-0.2, 0) is 24.3 Å². The van der Waals surface area contributed by atoms with Gasteiger partial charge in [0.05, 0.1) is 28.4 Å². The fraction of sp³-hybridized carbons (Fsp3) is 0.250. The Morgan fingerprint density at radius 3 is 2.28 bits per heavy atom. The Morgan fingerprint density at radius 2 is 1.66 bits per heavy atom. The van der Waals surface area contributed by atoms with Gasteiger partial charge in [0.2, 0.25) is 11.8 Å². The number of carbonyl (C=O) groups is 3. The minimum absolute atomic E-state index is 0.0724. The van der Waals surface area contributed by atoms with Crippen LogP contribution in [0.3, 0.4) is 0 Å². The first kappa shape index (κ1) is 20.5. The van der Waals surface area contributed by atoms with Crippen molar-refractivity contribution in [1.82, 2.24) is 0 Å². The summed E-state index contributed by atoms with van der Waals surface area (Å²) in [6.07, 6.45) is 1.07. The number of esters is 1. The first-order valence-corrected chi connectivity index (χ1v) is 10.6. The van der Waals surface area contributed by atoms with Gasteiger partial charge in [-0.25, -0.2) is 13.2 Å². The van der Waals surface area contributed by atoms with Crippen LogP contribution in [-0.4, -0.2) is 32.8 Å². The lowest BCUT2D eigenvalue weighted by molar-refractivity contribution is -0.129. The molecule has 0 spiro atoms. The molecule has 1 aliphatic heterocycles. The number of nitrogens with zero attached hydrogens (tertiary/aromatic N) is 1. The number of imide groups is 1. The number of para-hydroxylation sites is 1. The third-order valence-corrected chi connectivity index (χ3v) is 5.73. The molecule has 152 valence electrons. The summed E-state index contributed by atoms with van der Waals surface area (Å²) >= 11 is 0. The number of ether oxygens (including phenoxy) is 1. The first-order chi connectivity index (χ1) is 13.8. The molecule has 2 aromatic carbocycles. The van der Waals surface area contributed by atoms with E-state index in [0.29, 0.717) is 12.1 Å². The zero-order valence-corrected chi connectivity index (χ0v) is 16.6. The van der Waals surface area contributed by atoms with Crippen LogP contribution in [0.2, 0.25) is 0 Å². The Kier molecular flexibility index (Phi) is 5.97. The Labute approximate surface area is 168 Å². The molecular weight excluding hydrogens is 396 g/mol. The van der Waals surface area contributed by atoms with Gasteiger partial charge >= 0.3 is 5.97 Å². The van der Waals surface area contributed by atoms with Crippen molar-refractivity contribution in [3.05, 3.63) is 54.1 Å². The topological polar surface area (TPSA) is 110 Å². The molecule has 8 nitrogen and oxygen atoms in total. The van der Waals surface area contributed by atoms with E-state index in [1.807, 2.05) is 0 Å². The Morgan fingerprint density at radius 1 is 1.03 bits per heavy atom. The van der Waals surface area contributed by atoms with E-state index >= 15 is 0 Å². The highest BCUT2D eigenvalue weighted by Gasteiger charge is 2.28. The van der Waals surface area contributed by atoms with Crippen molar-refractivity contribution in [3.8, 4) is 0 Å². The van der Waals surface area contributed by atoms with E-state index in [4.69, 9.17) is 4.74 Å². The van der Waals surface area contributed by atoms with Crippen molar-refractivity contribution in [2.45, 2.75) is 31.1 Å². The lowest BCUT2D eigenvalue weighted by Gasteiger charge is -2.24. The van der Waals surface area contributed by atoms with Crippen LogP contribution in [0.15, 0.2) is 53.4 Å². The molecule has 0 saturated carbocycles. The average molecular weight is 416 g/mol. The van der Waals surface area contributed by atoms with E-state index in [1.54, 1.807) is 19.1 Å². The van der Waals surface area contributed by atoms with Gasteiger partial charge in [0, 0.05) is 12.8 Å².